The Balaban J connectivity index is 2.34. The van der Waals surface area contributed by atoms with Gasteiger partial charge in [-0.25, -0.2) is 0 Å². The van der Waals surface area contributed by atoms with E-state index in [1.807, 2.05) is 0 Å². The van der Waals surface area contributed by atoms with Gasteiger partial charge in [0.2, 0.25) is 0 Å². The van der Waals surface area contributed by atoms with Crippen LogP contribution in [0, 0.1) is 38.2 Å². The first-order chi connectivity index (χ1) is 15.3. The quantitative estimate of drug-likeness (QED) is 0.270. The molecule has 9 heteroatoms. The number of carbonyl (C=O) groups excluding carboxylic acids is 2. The van der Waals surface area contributed by atoms with Crippen molar-refractivity contribution in [3.63, 3.8) is 0 Å². The molecule has 6 unspecified atom stereocenters. The minimum absolute atomic E-state index is 0.00486. The fourth-order valence-corrected chi connectivity index (χ4v) is 5.79. The molecule has 1 N–H and O–H groups in total. The van der Waals surface area contributed by atoms with Crippen molar-refractivity contribution in [2.45, 2.75) is 112 Å². The average Bonchev–Trinajstić information content (AvgIpc) is 3.27. The molecule has 0 amide bonds. The van der Waals surface area contributed by atoms with Crippen molar-refractivity contribution in [2.75, 3.05) is 0 Å². The van der Waals surface area contributed by atoms with Gasteiger partial charge in [-0.1, -0.05) is 6.92 Å². The minimum atomic E-state index is -1.30. The summed E-state index contributed by atoms with van der Waals surface area (Å²) < 4.78 is 11.5. The van der Waals surface area contributed by atoms with E-state index in [1.165, 1.54) is 13.8 Å². The maximum atomic E-state index is 13.5. The van der Waals surface area contributed by atoms with E-state index in [-0.39, 0.29) is 29.6 Å². The third-order valence-electron chi connectivity index (χ3n) is 7.64. The first-order valence-corrected chi connectivity index (χ1v) is 12.2. The van der Waals surface area contributed by atoms with Crippen molar-refractivity contribution >= 4 is 17.9 Å². The molecule has 2 bridgehead atoms. The Morgan fingerprint density at radius 3 is 1.97 bits per heavy atom. The number of hydrogen-bond donors (Lipinski definition) is 1. The van der Waals surface area contributed by atoms with Crippen LogP contribution in [0.15, 0.2) is 0 Å². The lowest BCUT2D eigenvalue weighted by Gasteiger charge is -2.41. The SMILES string of the molecule is CCC(C)(CC(C)(CC(C)(C)C(=O)O)C(=O)OC(C)(C)C)C(=O)OC1C2CCC(C2)C1[N+](=O)[O-]. The van der Waals surface area contributed by atoms with Gasteiger partial charge in [-0.2, -0.15) is 0 Å². The summed E-state index contributed by atoms with van der Waals surface area (Å²) in [5.41, 5.74) is -4.48. The molecule has 2 saturated carbocycles. The zero-order valence-corrected chi connectivity index (χ0v) is 21.8. The van der Waals surface area contributed by atoms with Crippen LogP contribution in [0.5, 0.6) is 0 Å². The summed E-state index contributed by atoms with van der Waals surface area (Å²) in [7, 11) is 0. The first kappa shape index (κ1) is 28.1. The maximum Gasteiger partial charge on any atom is 0.312 e. The molecular formula is C25H41NO8. The lowest BCUT2D eigenvalue weighted by Crippen LogP contribution is -2.48. The molecule has 34 heavy (non-hydrogen) atoms. The van der Waals surface area contributed by atoms with Crippen LogP contribution in [0.25, 0.3) is 0 Å². The molecule has 2 fully saturated rings. The molecule has 9 nitrogen and oxygen atoms in total. The van der Waals surface area contributed by atoms with E-state index in [1.54, 1.807) is 41.5 Å². The standard InChI is InChI=1S/C25H41NO8/c1-9-24(7,20(29)33-18-16-11-10-15(12-16)17(18)26(31)32)14-25(8,13-23(5,6)19(27)28)21(30)34-22(2,3)4/h15-18H,9-14H2,1-8H3,(H,27,28). The lowest BCUT2D eigenvalue weighted by molar-refractivity contribution is -0.541. The highest BCUT2D eigenvalue weighted by molar-refractivity contribution is 5.82. The summed E-state index contributed by atoms with van der Waals surface area (Å²) in [4.78, 5) is 50.0. The van der Waals surface area contributed by atoms with E-state index >= 15 is 0 Å². The normalized spacial score (nSPS) is 28.0. The van der Waals surface area contributed by atoms with Gasteiger partial charge in [-0.05, 0) is 87.0 Å². The van der Waals surface area contributed by atoms with Crippen molar-refractivity contribution < 1.29 is 33.9 Å². The number of nitrogens with zero attached hydrogens (tertiary/aromatic N) is 1. The average molecular weight is 484 g/mol. The summed E-state index contributed by atoms with van der Waals surface area (Å²) in [6.45, 7) is 13.4. The van der Waals surface area contributed by atoms with Gasteiger partial charge < -0.3 is 14.6 Å². The molecule has 0 radical (unpaired) electrons. The highest BCUT2D eigenvalue weighted by Crippen LogP contribution is 2.50. The number of carboxylic acid groups (broad SMARTS) is 1. The van der Waals surface area contributed by atoms with Gasteiger partial charge in [0, 0.05) is 16.8 Å². The number of nitro groups is 1. The Morgan fingerprint density at radius 1 is 0.941 bits per heavy atom. The molecule has 2 aliphatic carbocycles. The lowest BCUT2D eigenvalue weighted by atomic mass is 9.65. The van der Waals surface area contributed by atoms with Crippen LogP contribution in [-0.2, 0) is 23.9 Å². The molecule has 0 heterocycles. The Morgan fingerprint density at radius 2 is 1.50 bits per heavy atom. The number of carboxylic acids is 1. The van der Waals surface area contributed by atoms with Crippen LogP contribution >= 0.6 is 0 Å². The van der Waals surface area contributed by atoms with Crippen molar-refractivity contribution in [3.05, 3.63) is 10.1 Å². The molecule has 2 aliphatic rings. The van der Waals surface area contributed by atoms with Crippen molar-refractivity contribution in [1.82, 2.24) is 0 Å². The number of carbonyl (C=O) groups is 3. The molecule has 2 rings (SSSR count). The topological polar surface area (TPSA) is 133 Å². The van der Waals surface area contributed by atoms with E-state index in [0.717, 1.165) is 12.8 Å². The molecule has 0 aromatic heterocycles. The van der Waals surface area contributed by atoms with Gasteiger partial charge in [0.1, 0.15) is 5.60 Å². The third-order valence-corrected chi connectivity index (χ3v) is 7.64. The monoisotopic (exact) mass is 483 g/mol. The van der Waals surface area contributed by atoms with E-state index in [2.05, 4.69) is 0 Å². The van der Waals surface area contributed by atoms with Crippen LogP contribution in [0.1, 0.15) is 93.9 Å². The van der Waals surface area contributed by atoms with Gasteiger partial charge in [-0.3, -0.25) is 24.5 Å². The van der Waals surface area contributed by atoms with Crippen molar-refractivity contribution in [2.24, 2.45) is 28.1 Å². The van der Waals surface area contributed by atoms with Gasteiger partial charge >= 0.3 is 17.9 Å². The van der Waals surface area contributed by atoms with Crippen LogP contribution in [0.3, 0.4) is 0 Å². The zero-order valence-electron chi connectivity index (χ0n) is 21.8. The minimum Gasteiger partial charge on any atom is -0.481 e. The second-order valence-electron chi connectivity index (χ2n) is 12.5. The summed E-state index contributed by atoms with van der Waals surface area (Å²) >= 11 is 0. The van der Waals surface area contributed by atoms with Crippen molar-refractivity contribution in [3.8, 4) is 0 Å². The number of rotatable bonds is 10. The Kier molecular flexibility index (Phi) is 7.80. The van der Waals surface area contributed by atoms with Gasteiger partial charge in [0.15, 0.2) is 6.10 Å². The second-order valence-corrected chi connectivity index (χ2v) is 12.5. The molecule has 194 valence electrons. The van der Waals surface area contributed by atoms with Gasteiger partial charge in [-0.15, -0.1) is 0 Å². The molecule has 0 spiro atoms. The molecule has 6 atom stereocenters. The van der Waals surface area contributed by atoms with Crippen molar-refractivity contribution in [1.29, 1.82) is 0 Å². The van der Waals surface area contributed by atoms with Crippen LogP contribution in [-0.4, -0.2) is 45.7 Å². The predicted octanol–water partition coefficient (Wildman–Crippen LogP) is 4.63. The number of ether oxygens (including phenoxy) is 2. The third kappa shape index (κ3) is 5.89. The van der Waals surface area contributed by atoms with E-state index in [4.69, 9.17) is 9.47 Å². The number of fused-ring (bicyclic) bond motifs is 2. The molecule has 0 aliphatic heterocycles. The summed E-state index contributed by atoms with van der Waals surface area (Å²) in [6, 6.07) is -0.896. The first-order valence-electron chi connectivity index (χ1n) is 12.2. The van der Waals surface area contributed by atoms with E-state index in [0.29, 0.717) is 12.8 Å². The van der Waals surface area contributed by atoms with Crippen LogP contribution in [0.2, 0.25) is 0 Å². The smallest absolute Gasteiger partial charge is 0.312 e. The molecular weight excluding hydrogens is 442 g/mol. The highest BCUT2D eigenvalue weighted by Gasteiger charge is 2.58. The van der Waals surface area contributed by atoms with Crippen LogP contribution < -0.4 is 0 Å². The fraction of sp³-hybridized carbons (Fsp3) is 0.880. The Bertz CT molecular complexity index is 831. The zero-order chi connectivity index (χ0) is 26.3. The second kappa shape index (κ2) is 9.46. The Hall–Kier alpha value is -2.19. The highest BCUT2D eigenvalue weighted by atomic mass is 16.6. The number of esters is 2. The fourth-order valence-electron chi connectivity index (χ4n) is 5.79. The summed E-state index contributed by atoms with van der Waals surface area (Å²) in [5.74, 6) is -2.31. The predicted molar refractivity (Wildman–Crippen MR) is 124 cm³/mol. The Labute approximate surface area is 202 Å². The van der Waals surface area contributed by atoms with E-state index in [9.17, 15) is 29.6 Å². The maximum absolute atomic E-state index is 13.5. The molecule has 0 saturated heterocycles. The number of aliphatic carboxylic acids is 1. The number of hydrogen-bond acceptors (Lipinski definition) is 7. The van der Waals surface area contributed by atoms with Gasteiger partial charge in [0.25, 0.3) is 6.04 Å². The summed E-state index contributed by atoms with van der Waals surface area (Å²) in [6.07, 6.45) is 1.78. The molecule has 0 aromatic carbocycles. The largest absolute Gasteiger partial charge is 0.481 e. The molecule has 0 aromatic rings. The van der Waals surface area contributed by atoms with Crippen LogP contribution in [0.4, 0.5) is 0 Å². The van der Waals surface area contributed by atoms with Gasteiger partial charge in [0.05, 0.1) is 16.2 Å². The summed E-state index contributed by atoms with van der Waals surface area (Å²) in [5, 5.41) is 21.4. The van der Waals surface area contributed by atoms with E-state index < -0.39 is 51.9 Å².